The van der Waals surface area contributed by atoms with E-state index in [0.29, 0.717) is 19.4 Å². The number of unbranched alkanes of at least 4 members (excludes halogenated alkanes) is 5. The third-order valence-corrected chi connectivity index (χ3v) is 4.56. The van der Waals surface area contributed by atoms with E-state index in [4.69, 9.17) is 10.9 Å². The monoisotopic (exact) mass is 297 g/mol. The highest BCUT2D eigenvalue weighted by atomic mass is 16.4. The molecule has 0 bridgehead atoms. The Morgan fingerprint density at radius 1 is 1.14 bits per heavy atom. The van der Waals surface area contributed by atoms with Gasteiger partial charge in [0.25, 0.3) is 0 Å². The van der Waals surface area contributed by atoms with Gasteiger partial charge in [-0.3, -0.25) is 4.79 Å². The molecular weight excluding hydrogens is 266 g/mol. The number of nitrogens with one attached hydrogen (secondary N) is 1. The molecule has 1 saturated carbocycles. The Balaban J connectivity index is 2.37. The first-order chi connectivity index (χ1) is 10.2. The molecule has 0 aromatic heterocycles. The van der Waals surface area contributed by atoms with Crippen LogP contribution in [0.1, 0.15) is 77.6 Å². The van der Waals surface area contributed by atoms with Crippen molar-refractivity contribution < 1.29 is 10.0 Å². The topological polar surface area (TPSA) is 87.7 Å². The SMILES string of the molecule is CCCCCCCCNC(=O)C1(C(N)=NO)CCCCC1. The van der Waals surface area contributed by atoms with Crippen LogP contribution in [0, 0.1) is 5.41 Å². The molecule has 0 aromatic rings. The highest BCUT2D eigenvalue weighted by Crippen LogP contribution is 2.36. The van der Waals surface area contributed by atoms with Gasteiger partial charge in [0.1, 0.15) is 5.41 Å². The summed E-state index contributed by atoms with van der Waals surface area (Å²) in [6, 6.07) is 0. The number of amidine groups is 1. The number of carbonyl (C=O) groups excluding carboxylic acids is 1. The van der Waals surface area contributed by atoms with Gasteiger partial charge in [0.05, 0.1) is 0 Å². The van der Waals surface area contributed by atoms with Crippen LogP contribution in [0.25, 0.3) is 0 Å². The third-order valence-electron chi connectivity index (χ3n) is 4.56. The van der Waals surface area contributed by atoms with E-state index in [2.05, 4.69) is 17.4 Å². The van der Waals surface area contributed by atoms with Gasteiger partial charge in [-0.2, -0.15) is 0 Å². The number of hydrogen-bond donors (Lipinski definition) is 3. The summed E-state index contributed by atoms with van der Waals surface area (Å²) < 4.78 is 0. The molecule has 4 N–H and O–H groups in total. The van der Waals surface area contributed by atoms with Gasteiger partial charge < -0.3 is 16.3 Å². The molecule has 0 saturated heterocycles. The quantitative estimate of drug-likeness (QED) is 0.201. The molecule has 5 nitrogen and oxygen atoms in total. The molecule has 21 heavy (non-hydrogen) atoms. The van der Waals surface area contributed by atoms with Crippen molar-refractivity contribution in [3.8, 4) is 0 Å². The molecule has 0 aromatic carbocycles. The van der Waals surface area contributed by atoms with E-state index >= 15 is 0 Å². The van der Waals surface area contributed by atoms with E-state index in [1.807, 2.05) is 0 Å². The van der Waals surface area contributed by atoms with Crippen LogP contribution >= 0.6 is 0 Å². The van der Waals surface area contributed by atoms with Crippen molar-refractivity contribution in [1.29, 1.82) is 0 Å². The number of nitrogens with zero attached hydrogens (tertiary/aromatic N) is 1. The lowest BCUT2D eigenvalue weighted by Gasteiger charge is -2.34. The number of rotatable bonds is 9. The van der Waals surface area contributed by atoms with E-state index in [-0.39, 0.29) is 11.7 Å². The standard InChI is InChI=1S/C16H31N3O2/c1-2-3-4-5-6-10-13-18-15(20)16(14(17)19-21)11-8-7-9-12-16/h21H,2-13H2,1H3,(H2,17,19)(H,18,20). The Labute approximate surface area is 128 Å². The average Bonchev–Trinajstić information content (AvgIpc) is 2.53. The molecule has 1 amide bonds. The van der Waals surface area contributed by atoms with Crippen molar-refractivity contribution in [3.63, 3.8) is 0 Å². The molecule has 0 spiro atoms. The number of oxime groups is 1. The van der Waals surface area contributed by atoms with Crippen LogP contribution < -0.4 is 11.1 Å². The van der Waals surface area contributed by atoms with Gasteiger partial charge in [-0.25, -0.2) is 0 Å². The summed E-state index contributed by atoms with van der Waals surface area (Å²) in [5, 5.41) is 15.1. The lowest BCUT2D eigenvalue weighted by atomic mass is 9.72. The van der Waals surface area contributed by atoms with Gasteiger partial charge in [-0.15, -0.1) is 0 Å². The number of hydrogen-bond acceptors (Lipinski definition) is 3. The maximum atomic E-state index is 12.5. The maximum Gasteiger partial charge on any atom is 0.233 e. The predicted molar refractivity (Wildman–Crippen MR) is 85.3 cm³/mol. The number of carbonyl (C=O) groups is 1. The smallest absolute Gasteiger partial charge is 0.233 e. The zero-order valence-corrected chi connectivity index (χ0v) is 13.4. The van der Waals surface area contributed by atoms with Crippen molar-refractivity contribution >= 4 is 11.7 Å². The minimum Gasteiger partial charge on any atom is -0.409 e. The van der Waals surface area contributed by atoms with Crippen LogP contribution in [0.2, 0.25) is 0 Å². The Kier molecular flexibility index (Phi) is 8.16. The number of amides is 1. The van der Waals surface area contributed by atoms with Crippen molar-refractivity contribution in [3.05, 3.63) is 0 Å². The van der Waals surface area contributed by atoms with Gasteiger partial charge in [0, 0.05) is 6.54 Å². The van der Waals surface area contributed by atoms with Gasteiger partial charge in [0.15, 0.2) is 5.84 Å². The van der Waals surface area contributed by atoms with Gasteiger partial charge >= 0.3 is 0 Å². The molecule has 0 unspecified atom stereocenters. The summed E-state index contributed by atoms with van der Waals surface area (Å²) in [5.41, 5.74) is 5.03. The molecule has 122 valence electrons. The highest BCUT2D eigenvalue weighted by molar-refractivity contribution is 6.06. The normalized spacial score (nSPS) is 18.4. The Morgan fingerprint density at radius 3 is 2.38 bits per heavy atom. The van der Waals surface area contributed by atoms with Gasteiger partial charge in [0.2, 0.25) is 5.91 Å². The van der Waals surface area contributed by atoms with Crippen LogP contribution in [0.15, 0.2) is 5.16 Å². The van der Waals surface area contributed by atoms with Crippen LogP contribution in [0.5, 0.6) is 0 Å². The van der Waals surface area contributed by atoms with Crippen molar-refractivity contribution in [1.82, 2.24) is 5.32 Å². The number of nitrogens with two attached hydrogens (primary N) is 1. The first-order valence-electron chi connectivity index (χ1n) is 8.43. The zero-order chi connectivity index (χ0) is 15.6. The fraction of sp³-hybridized carbons (Fsp3) is 0.875. The second-order valence-electron chi connectivity index (χ2n) is 6.15. The van der Waals surface area contributed by atoms with E-state index in [0.717, 1.165) is 32.1 Å². The average molecular weight is 297 g/mol. The molecular formula is C16H31N3O2. The van der Waals surface area contributed by atoms with Crippen LogP contribution in [-0.2, 0) is 4.79 Å². The fourth-order valence-corrected chi connectivity index (χ4v) is 3.13. The van der Waals surface area contributed by atoms with E-state index in [1.54, 1.807) is 0 Å². The molecule has 0 aliphatic heterocycles. The lowest BCUT2D eigenvalue weighted by Crippen LogP contribution is -2.51. The van der Waals surface area contributed by atoms with Crippen LogP contribution in [0.4, 0.5) is 0 Å². The summed E-state index contributed by atoms with van der Waals surface area (Å²) >= 11 is 0. The van der Waals surface area contributed by atoms with E-state index < -0.39 is 5.41 Å². The fourth-order valence-electron chi connectivity index (χ4n) is 3.13. The molecule has 1 aliphatic rings. The molecule has 0 heterocycles. The van der Waals surface area contributed by atoms with Crippen LogP contribution in [-0.4, -0.2) is 23.5 Å². The molecule has 1 aliphatic carbocycles. The third kappa shape index (κ3) is 5.21. The predicted octanol–water partition coefficient (Wildman–Crippen LogP) is 3.16. The highest BCUT2D eigenvalue weighted by Gasteiger charge is 2.43. The molecule has 5 heteroatoms. The van der Waals surface area contributed by atoms with Crippen molar-refractivity contribution in [2.24, 2.45) is 16.3 Å². The second kappa shape index (κ2) is 9.64. The zero-order valence-electron chi connectivity index (χ0n) is 13.4. The summed E-state index contributed by atoms with van der Waals surface area (Å²) in [4.78, 5) is 12.5. The first kappa shape index (κ1) is 17.8. The Bertz CT molecular complexity index is 336. The molecule has 0 radical (unpaired) electrons. The summed E-state index contributed by atoms with van der Waals surface area (Å²) in [5.74, 6) is 0.00806. The van der Waals surface area contributed by atoms with Crippen molar-refractivity contribution in [2.45, 2.75) is 77.6 Å². The van der Waals surface area contributed by atoms with Crippen LogP contribution in [0.3, 0.4) is 0 Å². The Morgan fingerprint density at radius 2 is 1.76 bits per heavy atom. The molecule has 1 rings (SSSR count). The van der Waals surface area contributed by atoms with Gasteiger partial charge in [-0.05, 0) is 19.3 Å². The second-order valence-corrected chi connectivity index (χ2v) is 6.15. The maximum absolute atomic E-state index is 12.5. The van der Waals surface area contributed by atoms with E-state index in [9.17, 15) is 4.79 Å². The minimum atomic E-state index is -0.783. The van der Waals surface area contributed by atoms with Gasteiger partial charge in [-0.1, -0.05) is 63.4 Å². The van der Waals surface area contributed by atoms with Crippen molar-refractivity contribution in [2.75, 3.05) is 6.54 Å². The summed E-state index contributed by atoms with van der Waals surface area (Å²) in [6.45, 7) is 2.89. The summed E-state index contributed by atoms with van der Waals surface area (Å²) in [6.07, 6.45) is 11.6. The summed E-state index contributed by atoms with van der Waals surface area (Å²) in [7, 11) is 0. The van der Waals surface area contributed by atoms with E-state index in [1.165, 1.54) is 25.7 Å². The largest absolute Gasteiger partial charge is 0.409 e. The Hall–Kier alpha value is -1.26. The first-order valence-corrected chi connectivity index (χ1v) is 8.43. The lowest BCUT2D eigenvalue weighted by molar-refractivity contribution is -0.129. The molecule has 0 atom stereocenters. The minimum absolute atomic E-state index is 0.0638. The molecule has 1 fully saturated rings.